The van der Waals surface area contributed by atoms with Crippen molar-refractivity contribution < 1.29 is 9.53 Å². The van der Waals surface area contributed by atoms with E-state index in [0.29, 0.717) is 11.4 Å². The maximum atomic E-state index is 11.3. The molecule has 82 valence electrons. The van der Waals surface area contributed by atoms with Crippen LogP contribution in [0.15, 0.2) is 16.6 Å². The lowest BCUT2D eigenvalue weighted by Gasteiger charge is -2.10. The molecule has 0 heterocycles. The molecule has 0 saturated heterocycles. The van der Waals surface area contributed by atoms with E-state index in [1.807, 2.05) is 13.0 Å². The maximum Gasteiger partial charge on any atom is 0.250 e. The third-order valence-corrected chi connectivity index (χ3v) is 2.43. The summed E-state index contributed by atoms with van der Waals surface area (Å²) in [5, 5.41) is 2.67. The molecule has 0 radical (unpaired) electrons. The Bertz CT molecular complexity index is 357. The van der Waals surface area contributed by atoms with Crippen LogP contribution in [-0.2, 0) is 9.53 Å². The number of amides is 1. The van der Waals surface area contributed by atoms with Gasteiger partial charge in [-0.25, -0.2) is 0 Å². The lowest BCUT2D eigenvalue weighted by atomic mass is 10.2. The highest BCUT2D eigenvalue weighted by Gasteiger charge is 2.09. The summed E-state index contributed by atoms with van der Waals surface area (Å²) >= 11 is 3.34. The fourth-order valence-electron chi connectivity index (χ4n) is 1.21. The molecule has 1 aromatic rings. The molecule has 0 aliphatic heterocycles. The monoisotopic (exact) mass is 272 g/mol. The normalized spacial score (nSPS) is 10.1. The SMILES string of the molecule is COCC(=O)Nc1c(N)cc(C)cc1Br. The van der Waals surface area contributed by atoms with Crippen molar-refractivity contribution >= 4 is 33.2 Å². The van der Waals surface area contributed by atoms with Gasteiger partial charge >= 0.3 is 0 Å². The molecule has 15 heavy (non-hydrogen) atoms. The van der Waals surface area contributed by atoms with E-state index in [4.69, 9.17) is 10.5 Å². The van der Waals surface area contributed by atoms with E-state index >= 15 is 0 Å². The van der Waals surface area contributed by atoms with Crippen molar-refractivity contribution in [2.75, 3.05) is 24.8 Å². The molecule has 0 bridgehead atoms. The third kappa shape index (κ3) is 3.21. The number of carbonyl (C=O) groups is 1. The average molecular weight is 273 g/mol. The fourth-order valence-corrected chi connectivity index (χ4v) is 1.90. The number of halogens is 1. The summed E-state index contributed by atoms with van der Waals surface area (Å²) in [4.78, 5) is 11.3. The van der Waals surface area contributed by atoms with Gasteiger partial charge in [0.25, 0.3) is 0 Å². The van der Waals surface area contributed by atoms with Crippen LogP contribution in [0.4, 0.5) is 11.4 Å². The summed E-state index contributed by atoms with van der Waals surface area (Å²) in [6.45, 7) is 1.95. The highest BCUT2D eigenvalue weighted by atomic mass is 79.9. The van der Waals surface area contributed by atoms with Crippen LogP contribution in [0.3, 0.4) is 0 Å². The summed E-state index contributed by atoms with van der Waals surface area (Å²) < 4.78 is 5.48. The van der Waals surface area contributed by atoms with Gasteiger partial charge in [0.05, 0.1) is 11.4 Å². The zero-order valence-corrected chi connectivity index (χ0v) is 10.2. The number of nitrogen functional groups attached to an aromatic ring is 1. The Kier molecular flexibility index (Phi) is 4.11. The molecule has 1 aromatic carbocycles. The maximum absolute atomic E-state index is 11.3. The van der Waals surface area contributed by atoms with E-state index in [0.717, 1.165) is 10.0 Å². The molecule has 0 fully saturated rings. The third-order valence-electron chi connectivity index (χ3n) is 1.80. The molecule has 1 amide bonds. The van der Waals surface area contributed by atoms with Crippen LogP contribution in [0, 0.1) is 6.92 Å². The Labute approximate surface area is 96.9 Å². The molecular formula is C10H13BrN2O2. The van der Waals surface area contributed by atoms with Crippen molar-refractivity contribution in [2.45, 2.75) is 6.92 Å². The van der Waals surface area contributed by atoms with Gasteiger partial charge in [-0.2, -0.15) is 0 Å². The topological polar surface area (TPSA) is 64.3 Å². The summed E-state index contributed by atoms with van der Waals surface area (Å²) in [5.41, 5.74) is 7.93. The van der Waals surface area contributed by atoms with Gasteiger partial charge in [0.1, 0.15) is 6.61 Å². The Morgan fingerprint density at radius 2 is 2.27 bits per heavy atom. The minimum absolute atomic E-state index is 0.0136. The largest absolute Gasteiger partial charge is 0.397 e. The highest BCUT2D eigenvalue weighted by molar-refractivity contribution is 9.10. The van der Waals surface area contributed by atoms with Crippen LogP contribution < -0.4 is 11.1 Å². The number of nitrogens with one attached hydrogen (secondary N) is 1. The number of nitrogens with two attached hydrogens (primary N) is 1. The first-order valence-corrected chi connectivity index (χ1v) is 5.18. The summed E-state index contributed by atoms with van der Waals surface area (Å²) in [6, 6.07) is 3.69. The van der Waals surface area contributed by atoms with Gasteiger partial charge in [-0.3, -0.25) is 4.79 Å². The molecule has 0 unspecified atom stereocenters. The van der Waals surface area contributed by atoms with E-state index in [9.17, 15) is 4.79 Å². The van der Waals surface area contributed by atoms with Gasteiger partial charge < -0.3 is 15.8 Å². The summed E-state index contributed by atoms with van der Waals surface area (Å²) in [7, 11) is 1.47. The van der Waals surface area contributed by atoms with Crippen molar-refractivity contribution in [3.8, 4) is 0 Å². The Morgan fingerprint density at radius 3 is 2.80 bits per heavy atom. The van der Waals surface area contributed by atoms with Crippen LogP contribution in [0.25, 0.3) is 0 Å². The van der Waals surface area contributed by atoms with Crippen molar-refractivity contribution in [3.63, 3.8) is 0 Å². The van der Waals surface area contributed by atoms with Crippen molar-refractivity contribution in [2.24, 2.45) is 0 Å². The summed E-state index contributed by atoms with van der Waals surface area (Å²) in [6.07, 6.45) is 0. The number of rotatable bonds is 3. The van der Waals surface area contributed by atoms with Gasteiger partial charge in [0.2, 0.25) is 5.91 Å². The van der Waals surface area contributed by atoms with Gasteiger partial charge in [-0.05, 0) is 40.5 Å². The van der Waals surface area contributed by atoms with E-state index in [1.54, 1.807) is 6.07 Å². The molecular weight excluding hydrogens is 260 g/mol. The second kappa shape index (κ2) is 5.14. The average Bonchev–Trinajstić information content (AvgIpc) is 2.11. The zero-order valence-electron chi connectivity index (χ0n) is 8.63. The number of carbonyl (C=O) groups excluding carboxylic acids is 1. The van der Waals surface area contributed by atoms with Crippen LogP contribution in [0.1, 0.15) is 5.56 Å². The molecule has 0 saturated carbocycles. The number of hydrogen-bond donors (Lipinski definition) is 2. The molecule has 0 aromatic heterocycles. The van der Waals surface area contributed by atoms with E-state index in [1.165, 1.54) is 7.11 Å². The van der Waals surface area contributed by atoms with E-state index in [-0.39, 0.29) is 12.5 Å². The number of methoxy groups -OCH3 is 1. The smallest absolute Gasteiger partial charge is 0.250 e. The molecule has 3 N–H and O–H groups in total. The predicted octanol–water partition coefficient (Wildman–Crippen LogP) is 1.92. The number of ether oxygens (including phenoxy) is 1. The van der Waals surface area contributed by atoms with Crippen LogP contribution in [0.5, 0.6) is 0 Å². The first-order valence-electron chi connectivity index (χ1n) is 4.39. The number of benzene rings is 1. The minimum Gasteiger partial charge on any atom is -0.397 e. The Balaban J connectivity index is 2.90. The second-order valence-electron chi connectivity index (χ2n) is 3.19. The van der Waals surface area contributed by atoms with Crippen LogP contribution >= 0.6 is 15.9 Å². The number of hydrogen-bond acceptors (Lipinski definition) is 3. The first kappa shape index (κ1) is 12.0. The van der Waals surface area contributed by atoms with E-state index < -0.39 is 0 Å². The van der Waals surface area contributed by atoms with E-state index in [2.05, 4.69) is 21.2 Å². The van der Waals surface area contributed by atoms with Crippen LogP contribution in [-0.4, -0.2) is 19.6 Å². The van der Waals surface area contributed by atoms with Gasteiger partial charge in [-0.15, -0.1) is 0 Å². The molecule has 1 rings (SSSR count). The number of aryl methyl sites for hydroxylation is 1. The zero-order chi connectivity index (χ0) is 11.4. The lowest BCUT2D eigenvalue weighted by Crippen LogP contribution is -2.18. The summed E-state index contributed by atoms with van der Waals surface area (Å²) in [5.74, 6) is -0.228. The molecule has 0 aliphatic carbocycles. The van der Waals surface area contributed by atoms with Gasteiger partial charge in [0, 0.05) is 11.6 Å². The standard InChI is InChI=1S/C10H13BrN2O2/c1-6-3-7(11)10(8(12)4-6)13-9(14)5-15-2/h3-4H,5,12H2,1-2H3,(H,13,14). The van der Waals surface area contributed by atoms with Gasteiger partial charge in [0.15, 0.2) is 0 Å². The second-order valence-corrected chi connectivity index (χ2v) is 4.05. The molecule has 4 nitrogen and oxygen atoms in total. The molecule has 5 heteroatoms. The Morgan fingerprint density at radius 1 is 1.60 bits per heavy atom. The Hall–Kier alpha value is -1.07. The van der Waals surface area contributed by atoms with Crippen LogP contribution in [0.2, 0.25) is 0 Å². The minimum atomic E-state index is -0.228. The number of anilines is 2. The quantitative estimate of drug-likeness (QED) is 0.827. The predicted molar refractivity (Wildman–Crippen MR) is 63.8 cm³/mol. The first-order chi connectivity index (χ1) is 7.04. The van der Waals surface area contributed by atoms with Gasteiger partial charge in [-0.1, -0.05) is 0 Å². The molecule has 0 atom stereocenters. The van der Waals surface area contributed by atoms with Crippen molar-refractivity contribution in [3.05, 3.63) is 22.2 Å². The van der Waals surface area contributed by atoms with Crippen molar-refractivity contribution in [1.82, 2.24) is 0 Å². The molecule has 0 aliphatic rings. The lowest BCUT2D eigenvalue weighted by molar-refractivity contribution is -0.119. The highest BCUT2D eigenvalue weighted by Crippen LogP contribution is 2.30. The van der Waals surface area contributed by atoms with Crippen molar-refractivity contribution in [1.29, 1.82) is 0 Å². The fraction of sp³-hybridized carbons (Fsp3) is 0.300. The molecule has 0 spiro atoms.